The Hall–Kier alpha value is -2.85. The predicted molar refractivity (Wildman–Crippen MR) is 129 cm³/mol. The summed E-state index contributed by atoms with van der Waals surface area (Å²) in [4.78, 5) is 4.60. The van der Waals surface area contributed by atoms with E-state index in [-0.39, 0.29) is 0 Å². The maximum Gasteiger partial charge on any atom is 0.143 e. The van der Waals surface area contributed by atoms with Gasteiger partial charge in [0.1, 0.15) is 29.8 Å². The van der Waals surface area contributed by atoms with E-state index in [4.69, 9.17) is 4.74 Å². The van der Waals surface area contributed by atoms with Gasteiger partial charge in [-0.1, -0.05) is 36.4 Å². The monoisotopic (exact) mass is 507 g/mol. The Balaban J connectivity index is 1.87. The zero-order valence-electron chi connectivity index (χ0n) is 17.2. The minimum Gasteiger partial charge on any atom is -0.489 e. The van der Waals surface area contributed by atoms with E-state index in [1.54, 1.807) is 0 Å². The van der Waals surface area contributed by atoms with E-state index in [2.05, 4.69) is 83.4 Å². The number of aryl methyl sites for hydroxylation is 2. The molecular weight excluding hydrogens is 485 g/mol. The van der Waals surface area contributed by atoms with Crippen molar-refractivity contribution in [2.75, 3.05) is 0 Å². The summed E-state index contributed by atoms with van der Waals surface area (Å²) in [7, 11) is 0. The Bertz CT molecular complexity index is 1270. The number of benzene rings is 2. The van der Waals surface area contributed by atoms with Gasteiger partial charge in [-0.25, -0.2) is 4.98 Å². The van der Waals surface area contributed by atoms with Gasteiger partial charge >= 0.3 is 0 Å². The lowest BCUT2D eigenvalue weighted by molar-refractivity contribution is 0.304. The number of nitrogens with zero attached hydrogens (tertiary/aromatic N) is 3. The summed E-state index contributed by atoms with van der Waals surface area (Å²) in [6, 6.07) is 18.4. The molecule has 0 unspecified atom stereocenters. The van der Waals surface area contributed by atoms with E-state index in [1.807, 2.05) is 30.3 Å². The van der Waals surface area contributed by atoms with E-state index in [1.165, 1.54) is 0 Å². The molecule has 0 saturated heterocycles. The van der Waals surface area contributed by atoms with Gasteiger partial charge in [0.25, 0.3) is 0 Å². The predicted octanol–water partition coefficient (Wildman–Crippen LogP) is 6.40. The minimum atomic E-state index is 0.427. The van der Waals surface area contributed by atoms with Crippen LogP contribution in [0.2, 0.25) is 0 Å². The summed E-state index contributed by atoms with van der Waals surface area (Å²) < 4.78 is 9.41. The van der Waals surface area contributed by atoms with Crippen LogP contribution in [0.25, 0.3) is 22.2 Å². The average Bonchev–Trinajstić information content (AvgIpc) is 3.09. The number of halogens is 1. The Morgan fingerprint density at radius 3 is 2.60 bits per heavy atom. The number of hydrogen-bond acceptors (Lipinski definition) is 3. The Kier molecular flexibility index (Phi) is 5.78. The maximum atomic E-state index is 9.59. The number of hydrogen-bond donors (Lipinski definition) is 0. The molecule has 0 saturated carbocycles. The molecule has 0 radical (unpaired) electrons. The third kappa shape index (κ3) is 3.68. The van der Waals surface area contributed by atoms with Crippen LogP contribution in [0.3, 0.4) is 0 Å². The molecule has 0 aliphatic carbocycles. The van der Waals surface area contributed by atoms with Crippen molar-refractivity contribution in [1.82, 2.24) is 9.55 Å². The molecule has 2 aromatic heterocycles. The first-order valence-electron chi connectivity index (χ1n) is 9.90. The highest BCUT2D eigenvalue weighted by molar-refractivity contribution is 14.1. The molecular formula is C25H22IN3O. The fourth-order valence-electron chi connectivity index (χ4n) is 3.87. The first-order chi connectivity index (χ1) is 14.5. The van der Waals surface area contributed by atoms with Crippen molar-refractivity contribution in [3.63, 3.8) is 0 Å². The van der Waals surface area contributed by atoms with Crippen LogP contribution in [0, 0.1) is 28.7 Å². The third-order valence-electron chi connectivity index (χ3n) is 5.37. The van der Waals surface area contributed by atoms with Crippen molar-refractivity contribution in [3.8, 4) is 22.9 Å². The highest BCUT2D eigenvalue weighted by atomic mass is 127. The molecule has 0 N–H and O–H groups in total. The highest BCUT2D eigenvalue weighted by Gasteiger charge is 2.19. The number of fused-ring (bicyclic) bond motifs is 1. The van der Waals surface area contributed by atoms with Gasteiger partial charge in [0.15, 0.2) is 0 Å². The molecule has 0 spiro atoms. The number of nitriles is 1. The van der Waals surface area contributed by atoms with E-state index in [0.717, 1.165) is 54.7 Å². The molecule has 0 fully saturated rings. The lowest BCUT2D eigenvalue weighted by atomic mass is 9.93. The topological polar surface area (TPSA) is 50.8 Å². The molecule has 4 nitrogen and oxygen atoms in total. The maximum absolute atomic E-state index is 9.59. The molecule has 2 aromatic carbocycles. The second kappa shape index (κ2) is 8.49. The average molecular weight is 507 g/mol. The lowest BCUT2D eigenvalue weighted by Crippen LogP contribution is -2.00. The summed E-state index contributed by atoms with van der Waals surface area (Å²) >= 11 is 2.36. The molecule has 2 heterocycles. The first kappa shape index (κ1) is 20.4. The van der Waals surface area contributed by atoms with Crippen molar-refractivity contribution >= 4 is 33.6 Å². The van der Waals surface area contributed by atoms with Crippen LogP contribution in [-0.4, -0.2) is 9.55 Å². The van der Waals surface area contributed by atoms with Crippen molar-refractivity contribution < 1.29 is 4.74 Å². The quantitative estimate of drug-likeness (QED) is 0.294. The standard InChI is InChI=1S/C25H22IN3O/c1-4-29-14-21(26)24-20(12-19(13-27)28-25(24)29)23-16(2)10-11-22(17(23)3)30-15-18-8-6-5-7-9-18/h5-12,14H,4,15H2,1-3H3. The van der Waals surface area contributed by atoms with Crippen molar-refractivity contribution in [3.05, 3.63) is 80.7 Å². The fourth-order valence-corrected chi connectivity index (χ4v) is 4.73. The number of rotatable bonds is 5. The molecule has 4 aromatic rings. The molecule has 30 heavy (non-hydrogen) atoms. The summed E-state index contributed by atoms with van der Waals surface area (Å²) in [6.07, 6.45) is 2.10. The van der Waals surface area contributed by atoms with Crippen LogP contribution in [0.1, 0.15) is 29.3 Å². The van der Waals surface area contributed by atoms with Crippen LogP contribution in [0.4, 0.5) is 0 Å². The highest BCUT2D eigenvalue weighted by Crippen LogP contribution is 2.39. The Morgan fingerprint density at radius 1 is 1.13 bits per heavy atom. The van der Waals surface area contributed by atoms with Crippen molar-refractivity contribution in [2.24, 2.45) is 0 Å². The minimum absolute atomic E-state index is 0.427. The number of pyridine rings is 1. The van der Waals surface area contributed by atoms with Crippen LogP contribution >= 0.6 is 22.6 Å². The second-order valence-electron chi connectivity index (χ2n) is 7.28. The summed E-state index contributed by atoms with van der Waals surface area (Å²) in [5.74, 6) is 0.854. The normalized spacial score (nSPS) is 10.9. The molecule has 0 bridgehead atoms. The SMILES string of the molecule is CCn1cc(I)c2c(-c3c(C)ccc(OCc4ccccc4)c3C)cc(C#N)nc21. The van der Waals surface area contributed by atoms with Crippen LogP contribution in [-0.2, 0) is 13.2 Å². The molecule has 5 heteroatoms. The van der Waals surface area contributed by atoms with Gasteiger partial charge in [-0.15, -0.1) is 0 Å². The van der Waals surface area contributed by atoms with Gasteiger partial charge in [-0.05, 0) is 83.3 Å². The molecule has 0 aliphatic heterocycles. The summed E-state index contributed by atoms with van der Waals surface area (Å²) in [6.45, 7) is 7.60. The molecule has 4 rings (SSSR count). The van der Waals surface area contributed by atoms with E-state index >= 15 is 0 Å². The molecule has 0 atom stereocenters. The molecule has 150 valence electrons. The Labute approximate surface area is 190 Å². The molecule has 0 amide bonds. The number of ether oxygens (including phenoxy) is 1. The smallest absolute Gasteiger partial charge is 0.143 e. The number of aromatic nitrogens is 2. The zero-order chi connectivity index (χ0) is 21.3. The lowest BCUT2D eigenvalue weighted by Gasteiger charge is -2.17. The van der Waals surface area contributed by atoms with Gasteiger partial charge in [0.2, 0.25) is 0 Å². The van der Waals surface area contributed by atoms with Crippen molar-refractivity contribution in [2.45, 2.75) is 33.9 Å². The summed E-state index contributed by atoms with van der Waals surface area (Å²) in [5.41, 5.74) is 6.77. The Morgan fingerprint density at radius 2 is 1.90 bits per heavy atom. The van der Waals surface area contributed by atoms with Crippen LogP contribution in [0.5, 0.6) is 5.75 Å². The first-order valence-corrected chi connectivity index (χ1v) is 11.0. The van der Waals surface area contributed by atoms with Gasteiger partial charge in [0.05, 0.1) is 0 Å². The van der Waals surface area contributed by atoms with E-state index in [9.17, 15) is 5.26 Å². The van der Waals surface area contributed by atoms with Crippen LogP contribution in [0.15, 0.2) is 54.7 Å². The zero-order valence-corrected chi connectivity index (χ0v) is 19.4. The largest absolute Gasteiger partial charge is 0.489 e. The molecule has 0 aliphatic rings. The van der Waals surface area contributed by atoms with Gasteiger partial charge in [-0.3, -0.25) is 0 Å². The second-order valence-corrected chi connectivity index (χ2v) is 8.45. The fraction of sp³-hybridized carbons (Fsp3) is 0.200. The van der Waals surface area contributed by atoms with Gasteiger partial charge < -0.3 is 9.30 Å². The van der Waals surface area contributed by atoms with Crippen LogP contribution < -0.4 is 4.74 Å². The van der Waals surface area contributed by atoms with E-state index < -0.39 is 0 Å². The summed E-state index contributed by atoms with van der Waals surface area (Å²) in [5, 5.41) is 10.7. The van der Waals surface area contributed by atoms with Crippen molar-refractivity contribution in [1.29, 1.82) is 5.26 Å². The van der Waals surface area contributed by atoms with Gasteiger partial charge in [-0.2, -0.15) is 5.26 Å². The van der Waals surface area contributed by atoms with E-state index in [0.29, 0.717) is 12.3 Å². The third-order valence-corrected chi connectivity index (χ3v) is 6.18. The van der Waals surface area contributed by atoms with Gasteiger partial charge in [0, 0.05) is 21.7 Å².